The molecule has 2 heterocycles. The van der Waals surface area contributed by atoms with E-state index in [4.69, 9.17) is 0 Å². The van der Waals surface area contributed by atoms with Crippen LogP contribution in [0.2, 0.25) is 0 Å². The van der Waals surface area contributed by atoms with Gasteiger partial charge in [-0.1, -0.05) is 0 Å². The predicted molar refractivity (Wildman–Crippen MR) is 53.6 cm³/mol. The summed E-state index contributed by atoms with van der Waals surface area (Å²) < 4.78 is 0. The number of pyridine rings is 1. The lowest BCUT2D eigenvalue weighted by molar-refractivity contribution is -0.148. The second kappa shape index (κ2) is 4.21. The highest BCUT2D eigenvalue weighted by atomic mass is 16.2. The molecule has 0 aliphatic carbocycles. The molecule has 4 heteroatoms. The first-order valence-corrected chi connectivity index (χ1v) is 4.99. The fourth-order valence-corrected chi connectivity index (χ4v) is 1.65. The van der Waals surface area contributed by atoms with Crippen molar-refractivity contribution in [3.05, 3.63) is 30.1 Å². The quantitative estimate of drug-likeness (QED) is 0.678. The van der Waals surface area contributed by atoms with Crippen molar-refractivity contribution in [1.82, 2.24) is 9.88 Å². The summed E-state index contributed by atoms with van der Waals surface area (Å²) in [5.74, 6) is -0.133. The minimum Gasteiger partial charge on any atom is -0.278 e. The number of carbonyl (C=O) groups is 2. The molecule has 1 fully saturated rings. The molecule has 1 aliphatic heterocycles. The summed E-state index contributed by atoms with van der Waals surface area (Å²) in [4.78, 5) is 28.2. The minimum absolute atomic E-state index is 0.0666. The molecule has 0 radical (unpaired) electrons. The molecule has 1 aromatic heterocycles. The molecule has 1 aliphatic rings. The van der Waals surface area contributed by atoms with Gasteiger partial charge < -0.3 is 0 Å². The maximum Gasteiger partial charge on any atom is 0.229 e. The summed E-state index contributed by atoms with van der Waals surface area (Å²) in [6, 6.07) is 3.63. The topological polar surface area (TPSA) is 50.3 Å². The number of rotatable bonds is 2. The molecule has 15 heavy (non-hydrogen) atoms. The zero-order valence-corrected chi connectivity index (χ0v) is 8.35. The number of aromatic nitrogens is 1. The van der Waals surface area contributed by atoms with Crippen molar-refractivity contribution in [1.29, 1.82) is 0 Å². The smallest absolute Gasteiger partial charge is 0.229 e. The van der Waals surface area contributed by atoms with E-state index in [1.807, 2.05) is 12.1 Å². The molecule has 1 aromatic rings. The van der Waals surface area contributed by atoms with Gasteiger partial charge in [0.25, 0.3) is 0 Å². The van der Waals surface area contributed by atoms with E-state index in [9.17, 15) is 9.59 Å². The van der Waals surface area contributed by atoms with Crippen molar-refractivity contribution >= 4 is 11.8 Å². The Morgan fingerprint density at radius 1 is 1.13 bits per heavy atom. The lowest BCUT2D eigenvalue weighted by atomic mass is 10.1. The summed E-state index contributed by atoms with van der Waals surface area (Å²) in [6.45, 7) is 0.375. The summed E-state index contributed by atoms with van der Waals surface area (Å²) >= 11 is 0. The molecule has 78 valence electrons. The van der Waals surface area contributed by atoms with Crippen LogP contribution in [0.1, 0.15) is 24.8 Å². The third kappa shape index (κ3) is 2.21. The van der Waals surface area contributed by atoms with Crippen LogP contribution in [-0.4, -0.2) is 21.7 Å². The van der Waals surface area contributed by atoms with Crippen molar-refractivity contribution < 1.29 is 9.59 Å². The van der Waals surface area contributed by atoms with E-state index in [-0.39, 0.29) is 11.8 Å². The van der Waals surface area contributed by atoms with Crippen LogP contribution in [0.15, 0.2) is 24.5 Å². The zero-order valence-electron chi connectivity index (χ0n) is 8.35. The first-order valence-electron chi connectivity index (χ1n) is 4.99. The molecule has 0 spiro atoms. The number of piperidine rings is 1. The molecule has 0 atom stereocenters. The molecule has 0 N–H and O–H groups in total. The van der Waals surface area contributed by atoms with Gasteiger partial charge in [-0.2, -0.15) is 0 Å². The van der Waals surface area contributed by atoms with Gasteiger partial charge in [0.15, 0.2) is 0 Å². The van der Waals surface area contributed by atoms with Gasteiger partial charge in [0.05, 0.1) is 6.54 Å². The van der Waals surface area contributed by atoms with E-state index in [1.165, 1.54) is 4.90 Å². The van der Waals surface area contributed by atoms with Gasteiger partial charge in [-0.25, -0.2) is 0 Å². The molecule has 1 saturated heterocycles. The normalized spacial score (nSPS) is 16.9. The first-order chi connectivity index (χ1) is 7.27. The molecule has 2 rings (SSSR count). The first kappa shape index (κ1) is 9.83. The number of nitrogens with zero attached hydrogens (tertiary/aromatic N) is 2. The molecular formula is C11H12N2O2. The summed E-state index contributed by atoms with van der Waals surface area (Å²) in [5.41, 5.74) is 0.939. The predicted octanol–water partition coefficient (Wildman–Crippen LogP) is 1.12. The van der Waals surface area contributed by atoms with E-state index in [1.54, 1.807) is 12.4 Å². The van der Waals surface area contributed by atoms with Crippen LogP contribution in [0.3, 0.4) is 0 Å². The Kier molecular flexibility index (Phi) is 2.76. The van der Waals surface area contributed by atoms with Gasteiger partial charge in [0, 0.05) is 25.2 Å². The lowest BCUT2D eigenvalue weighted by Crippen LogP contribution is -2.39. The van der Waals surface area contributed by atoms with Gasteiger partial charge in [-0.3, -0.25) is 19.5 Å². The monoisotopic (exact) mass is 204 g/mol. The lowest BCUT2D eigenvalue weighted by Gasteiger charge is -2.24. The van der Waals surface area contributed by atoms with Gasteiger partial charge >= 0.3 is 0 Å². The molecule has 4 nitrogen and oxygen atoms in total. The van der Waals surface area contributed by atoms with E-state index in [0.717, 1.165) is 5.56 Å². The standard InChI is InChI=1S/C11H12N2O2/c14-10-2-1-3-11(15)13(10)8-9-4-6-12-7-5-9/h4-7H,1-3,8H2. The van der Waals surface area contributed by atoms with Gasteiger partial charge in [0.2, 0.25) is 11.8 Å². The van der Waals surface area contributed by atoms with Crippen LogP contribution < -0.4 is 0 Å². The maximum atomic E-state index is 11.5. The van der Waals surface area contributed by atoms with Crippen molar-refractivity contribution in [3.63, 3.8) is 0 Å². The number of hydrogen-bond donors (Lipinski definition) is 0. The zero-order chi connectivity index (χ0) is 10.7. The van der Waals surface area contributed by atoms with Crippen LogP contribution in [0, 0.1) is 0 Å². The van der Waals surface area contributed by atoms with Gasteiger partial charge in [-0.15, -0.1) is 0 Å². The molecular weight excluding hydrogens is 192 g/mol. The average Bonchev–Trinajstić information content (AvgIpc) is 2.25. The molecule has 0 unspecified atom stereocenters. The second-order valence-electron chi connectivity index (χ2n) is 3.58. The van der Waals surface area contributed by atoms with E-state index >= 15 is 0 Å². The highest BCUT2D eigenvalue weighted by Gasteiger charge is 2.25. The third-order valence-corrected chi connectivity index (χ3v) is 2.47. The van der Waals surface area contributed by atoms with Crippen molar-refractivity contribution in [3.8, 4) is 0 Å². The fraction of sp³-hybridized carbons (Fsp3) is 0.364. The number of amides is 2. The Morgan fingerprint density at radius 3 is 2.33 bits per heavy atom. The van der Waals surface area contributed by atoms with Gasteiger partial charge in [0.1, 0.15) is 0 Å². The molecule has 0 saturated carbocycles. The number of carbonyl (C=O) groups excluding carboxylic acids is 2. The third-order valence-electron chi connectivity index (χ3n) is 2.47. The Bertz CT molecular complexity index is 359. The summed E-state index contributed by atoms with van der Waals surface area (Å²) in [6.07, 6.45) is 4.97. The van der Waals surface area contributed by atoms with E-state index in [2.05, 4.69) is 4.98 Å². The Morgan fingerprint density at radius 2 is 1.73 bits per heavy atom. The number of likely N-dealkylation sites (tertiary alicyclic amines) is 1. The largest absolute Gasteiger partial charge is 0.278 e. The fourth-order valence-electron chi connectivity index (χ4n) is 1.65. The van der Waals surface area contributed by atoms with E-state index in [0.29, 0.717) is 25.8 Å². The van der Waals surface area contributed by atoms with E-state index < -0.39 is 0 Å². The highest BCUT2D eigenvalue weighted by molar-refractivity contribution is 5.97. The molecule has 0 bridgehead atoms. The Balaban J connectivity index is 2.10. The van der Waals surface area contributed by atoms with Crippen molar-refractivity contribution in [2.45, 2.75) is 25.8 Å². The minimum atomic E-state index is -0.0666. The molecule has 0 aromatic carbocycles. The number of imide groups is 1. The Labute approximate surface area is 87.9 Å². The molecule has 2 amide bonds. The van der Waals surface area contributed by atoms with Crippen LogP contribution in [-0.2, 0) is 16.1 Å². The van der Waals surface area contributed by atoms with Crippen LogP contribution in [0.25, 0.3) is 0 Å². The summed E-state index contributed by atoms with van der Waals surface area (Å²) in [5, 5.41) is 0. The number of hydrogen-bond acceptors (Lipinski definition) is 3. The summed E-state index contributed by atoms with van der Waals surface area (Å²) in [7, 11) is 0. The second-order valence-corrected chi connectivity index (χ2v) is 3.58. The maximum absolute atomic E-state index is 11.5. The van der Waals surface area contributed by atoms with Crippen LogP contribution in [0.5, 0.6) is 0 Å². The average molecular weight is 204 g/mol. The van der Waals surface area contributed by atoms with Crippen molar-refractivity contribution in [2.24, 2.45) is 0 Å². The SMILES string of the molecule is O=C1CCCC(=O)N1Cc1ccncc1. The van der Waals surface area contributed by atoms with Crippen LogP contribution >= 0.6 is 0 Å². The van der Waals surface area contributed by atoms with Crippen LogP contribution in [0.4, 0.5) is 0 Å². The highest BCUT2D eigenvalue weighted by Crippen LogP contribution is 2.15. The van der Waals surface area contributed by atoms with Gasteiger partial charge in [-0.05, 0) is 24.1 Å². The van der Waals surface area contributed by atoms with Crippen molar-refractivity contribution in [2.75, 3.05) is 0 Å². The Hall–Kier alpha value is -1.71.